The van der Waals surface area contributed by atoms with Crippen molar-refractivity contribution in [3.8, 4) is 18.1 Å². The first-order chi connectivity index (χ1) is 7.71. The van der Waals surface area contributed by atoms with Crippen LogP contribution in [0.3, 0.4) is 0 Å². The van der Waals surface area contributed by atoms with E-state index in [2.05, 4.69) is 17.7 Å². The Morgan fingerprint density at radius 1 is 1.50 bits per heavy atom. The molecule has 0 aliphatic carbocycles. The lowest BCUT2D eigenvalue weighted by atomic mass is 10.1. The van der Waals surface area contributed by atoms with Crippen LogP contribution in [0.25, 0.3) is 0 Å². The molecular formula is C13H18N2O. The topological polar surface area (TPSA) is 38.5 Å². The van der Waals surface area contributed by atoms with E-state index < -0.39 is 0 Å². The molecule has 0 bridgehead atoms. The van der Waals surface area contributed by atoms with Crippen molar-refractivity contribution in [2.24, 2.45) is 0 Å². The van der Waals surface area contributed by atoms with Gasteiger partial charge >= 0.3 is 0 Å². The highest BCUT2D eigenvalue weighted by atomic mass is 16.5. The van der Waals surface area contributed by atoms with Crippen LogP contribution in [0.1, 0.15) is 12.5 Å². The molecule has 3 nitrogen and oxygen atoms in total. The molecule has 0 radical (unpaired) electrons. The van der Waals surface area contributed by atoms with Gasteiger partial charge in [0.15, 0.2) is 0 Å². The van der Waals surface area contributed by atoms with Gasteiger partial charge in [-0.3, -0.25) is 4.90 Å². The summed E-state index contributed by atoms with van der Waals surface area (Å²) in [4.78, 5) is 2.16. The molecule has 0 heterocycles. The smallest absolute Gasteiger partial charge is 0.125 e. The van der Waals surface area contributed by atoms with Crippen LogP contribution >= 0.6 is 0 Å². The van der Waals surface area contributed by atoms with Crippen LogP contribution in [0.15, 0.2) is 18.2 Å². The van der Waals surface area contributed by atoms with Gasteiger partial charge in [0.05, 0.1) is 13.7 Å². The predicted molar refractivity (Wildman–Crippen MR) is 67.2 cm³/mol. The molecule has 0 aliphatic heterocycles. The van der Waals surface area contributed by atoms with E-state index >= 15 is 0 Å². The van der Waals surface area contributed by atoms with E-state index in [0.717, 1.165) is 24.4 Å². The van der Waals surface area contributed by atoms with E-state index in [9.17, 15) is 0 Å². The quantitative estimate of drug-likeness (QED) is 0.604. The Labute approximate surface area is 97.2 Å². The van der Waals surface area contributed by atoms with E-state index in [4.69, 9.17) is 16.9 Å². The van der Waals surface area contributed by atoms with E-state index in [0.29, 0.717) is 12.2 Å². The highest BCUT2D eigenvalue weighted by Crippen LogP contribution is 2.22. The zero-order valence-corrected chi connectivity index (χ0v) is 9.86. The summed E-state index contributed by atoms with van der Waals surface area (Å²) in [5.74, 6) is 3.46. The molecule has 0 aliphatic rings. The second kappa shape index (κ2) is 6.04. The molecule has 16 heavy (non-hydrogen) atoms. The van der Waals surface area contributed by atoms with Crippen molar-refractivity contribution in [1.82, 2.24) is 4.90 Å². The van der Waals surface area contributed by atoms with E-state index in [1.54, 1.807) is 7.11 Å². The third kappa shape index (κ3) is 3.18. The van der Waals surface area contributed by atoms with Gasteiger partial charge in [-0.2, -0.15) is 0 Å². The maximum Gasteiger partial charge on any atom is 0.125 e. The number of rotatable bonds is 5. The molecule has 0 aromatic heterocycles. The van der Waals surface area contributed by atoms with Crippen LogP contribution < -0.4 is 10.5 Å². The fourth-order valence-electron chi connectivity index (χ4n) is 1.54. The molecule has 1 aromatic carbocycles. The number of hydrogen-bond donors (Lipinski definition) is 1. The van der Waals surface area contributed by atoms with Gasteiger partial charge in [-0.1, -0.05) is 18.9 Å². The maximum absolute atomic E-state index is 5.70. The molecule has 0 atom stereocenters. The summed E-state index contributed by atoms with van der Waals surface area (Å²) in [6.07, 6.45) is 5.31. The molecule has 1 aromatic rings. The largest absolute Gasteiger partial charge is 0.496 e. The maximum atomic E-state index is 5.70. The van der Waals surface area contributed by atoms with E-state index in [-0.39, 0.29) is 0 Å². The summed E-state index contributed by atoms with van der Waals surface area (Å²) in [5, 5.41) is 0. The van der Waals surface area contributed by atoms with Crippen molar-refractivity contribution in [2.75, 3.05) is 25.9 Å². The molecule has 3 heteroatoms. The van der Waals surface area contributed by atoms with Crippen molar-refractivity contribution in [3.63, 3.8) is 0 Å². The molecule has 1 rings (SSSR count). The van der Waals surface area contributed by atoms with Gasteiger partial charge in [0.1, 0.15) is 5.75 Å². The van der Waals surface area contributed by atoms with Crippen molar-refractivity contribution in [2.45, 2.75) is 13.5 Å². The van der Waals surface area contributed by atoms with Crippen LogP contribution in [0, 0.1) is 12.3 Å². The highest BCUT2D eigenvalue weighted by Gasteiger charge is 2.07. The lowest BCUT2D eigenvalue weighted by Crippen LogP contribution is -2.23. The van der Waals surface area contributed by atoms with Gasteiger partial charge in [0, 0.05) is 23.9 Å². The minimum Gasteiger partial charge on any atom is -0.496 e. The molecule has 2 N–H and O–H groups in total. The Morgan fingerprint density at radius 2 is 2.25 bits per heavy atom. The van der Waals surface area contributed by atoms with Crippen molar-refractivity contribution in [3.05, 3.63) is 23.8 Å². The number of methoxy groups -OCH3 is 1. The highest BCUT2D eigenvalue weighted by molar-refractivity contribution is 5.48. The van der Waals surface area contributed by atoms with Crippen LogP contribution in [0.2, 0.25) is 0 Å². The van der Waals surface area contributed by atoms with Gasteiger partial charge in [-0.15, -0.1) is 6.42 Å². The minimum atomic E-state index is 0.643. The number of hydrogen-bond acceptors (Lipinski definition) is 3. The van der Waals surface area contributed by atoms with Gasteiger partial charge in [-0.25, -0.2) is 0 Å². The van der Waals surface area contributed by atoms with E-state index in [1.165, 1.54) is 0 Å². The van der Waals surface area contributed by atoms with Gasteiger partial charge in [-0.05, 0) is 12.6 Å². The van der Waals surface area contributed by atoms with Gasteiger partial charge in [0.2, 0.25) is 0 Å². The number of terminal acetylenes is 1. The summed E-state index contributed by atoms with van der Waals surface area (Å²) >= 11 is 0. The monoisotopic (exact) mass is 218 g/mol. The zero-order chi connectivity index (χ0) is 12.0. The molecule has 0 spiro atoms. The lowest BCUT2D eigenvalue weighted by molar-refractivity contribution is 0.307. The molecule has 0 fully saturated rings. The summed E-state index contributed by atoms with van der Waals surface area (Å²) in [6.45, 7) is 4.42. The molecule has 0 saturated carbocycles. The lowest BCUT2D eigenvalue weighted by Gasteiger charge is -2.19. The van der Waals surface area contributed by atoms with E-state index in [1.807, 2.05) is 18.2 Å². The third-order valence-corrected chi connectivity index (χ3v) is 2.47. The zero-order valence-electron chi connectivity index (χ0n) is 9.86. The molecular weight excluding hydrogens is 200 g/mol. The van der Waals surface area contributed by atoms with Crippen LogP contribution in [-0.2, 0) is 6.54 Å². The van der Waals surface area contributed by atoms with Gasteiger partial charge in [0.25, 0.3) is 0 Å². The van der Waals surface area contributed by atoms with Crippen LogP contribution in [0.5, 0.6) is 5.75 Å². The van der Waals surface area contributed by atoms with Crippen molar-refractivity contribution >= 4 is 5.69 Å². The normalized spacial score (nSPS) is 10.1. The van der Waals surface area contributed by atoms with Crippen molar-refractivity contribution in [1.29, 1.82) is 0 Å². The summed E-state index contributed by atoms with van der Waals surface area (Å²) in [7, 11) is 1.65. The number of nitrogens with two attached hydrogens (primary N) is 1. The fourth-order valence-corrected chi connectivity index (χ4v) is 1.54. The van der Waals surface area contributed by atoms with Crippen molar-refractivity contribution < 1.29 is 4.74 Å². The second-order valence-electron chi connectivity index (χ2n) is 3.58. The molecule has 86 valence electrons. The summed E-state index contributed by atoms with van der Waals surface area (Å²) in [6, 6.07) is 5.69. The molecule has 0 unspecified atom stereocenters. The predicted octanol–water partition coefficient (Wildman–Crippen LogP) is 1.73. The third-order valence-electron chi connectivity index (χ3n) is 2.47. The first-order valence-electron chi connectivity index (χ1n) is 5.29. The Balaban J connectivity index is 2.83. The number of anilines is 1. The van der Waals surface area contributed by atoms with Crippen LogP contribution in [0.4, 0.5) is 5.69 Å². The number of benzene rings is 1. The Bertz CT molecular complexity index is 382. The standard InChI is InChI=1S/C13H18N2O/c1-4-8-15(5-2)10-11-6-7-12(14)9-13(11)16-3/h1,6-7,9H,5,8,10,14H2,2-3H3. The summed E-state index contributed by atoms with van der Waals surface area (Å²) < 4.78 is 5.29. The Hall–Kier alpha value is -1.66. The molecule has 0 amide bonds. The number of ether oxygens (including phenoxy) is 1. The Kier molecular flexibility index (Phi) is 4.68. The Morgan fingerprint density at radius 3 is 2.81 bits per heavy atom. The summed E-state index contributed by atoms with van der Waals surface area (Å²) in [5.41, 5.74) is 7.51. The first kappa shape index (κ1) is 12.4. The minimum absolute atomic E-state index is 0.643. The number of nitrogens with zero attached hydrogens (tertiary/aromatic N) is 1. The average Bonchev–Trinajstić information content (AvgIpc) is 2.30. The number of nitrogen functional groups attached to an aromatic ring is 1. The second-order valence-corrected chi connectivity index (χ2v) is 3.58. The fraction of sp³-hybridized carbons (Fsp3) is 0.385. The average molecular weight is 218 g/mol. The van der Waals surface area contributed by atoms with Crippen LogP contribution in [-0.4, -0.2) is 25.1 Å². The first-order valence-corrected chi connectivity index (χ1v) is 5.29. The SMILES string of the molecule is C#CCN(CC)Cc1ccc(N)cc1OC. The van der Waals surface area contributed by atoms with Gasteiger partial charge < -0.3 is 10.5 Å². The molecule has 0 saturated heterocycles.